The van der Waals surface area contributed by atoms with Crippen LogP contribution in [0.2, 0.25) is 5.02 Å². The van der Waals surface area contributed by atoms with Crippen molar-refractivity contribution in [3.63, 3.8) is 0 Å². The van der Waals surface area contributed by atoms with Crippen molar-refractivity contribution < 1.29 is 0 Å². The van der Waals surface area contributed by atoms with Crippen LogP contribution in [0.5, 0.6) is 0 Å². The summed E-state index contributed by atoms with van der Waals surface area (Å²) in [6, 6.07) is 6.01. The Bertz CT molecular complexity index is 407. The van der Waals surface area contributed by atoms with Crippen molar-refractivity contribution in [1.29, 1.82) is 0 Å². The predicted octanol–water partition coefficient (Wildman–Crippen LogP) is 4.30. The standard InChI is InChI=1S/C15H24BrClN2/c1-4-7-19(11-15(2,3)10-18)9-12-8-13(16)5-6-14(12)17/h5-6,8H,4,7,9-11,18H2,1-3H3. The van der Waals surface area contributed by atoms with Crippen molar-refractivity contribution in [3.05, 3.63) is 33.3 Å². The summed E-state index contributed by atoms with van der Waals surface area (Å²) in [6.45, 7) is 10.2. The fourth-order valence-corrected chi connectivity index (χ4v) is 2.69. The SMILES string of the molecule is CCCN(Cc1cc(Br)ccc1Cl)CC(C)(C)CN. The van der Waals surface area contributed by atoms with E-state index in [9.17, 15) is 0 Å². The average molecular weight is 348 g/mol. The Balaban J connectivity index is 2.80. The molecule has 0 unspecified atom stereocenters. The summed E-state index contributed by atoms with van der Waals surface area (Å²) in [4.78, 5) is 2.43. The zero-order valence-corrected chi connectivity index (χ0v) is 14.4. The summed E-state index contributed by atoms with van der Waals surface area (Å²) in [7, 11) is 0. The average Bonchev–Trinajstić information content (AvgIpc) is 2.34. The van der Waals surface area contributed by atoms with E-state index in [4.69, 9.17) is 17.3 Å². The molecule has 0 spiro atoms. The Kier molecular flexibility index (Phi) is 6.81. The number of benzene rings is 1. The maximum Gasteiger partial charge on any atom is 0.0451 e. The van der Waals surface area contributed by atoms with Gasteiger partial charge < -0.3 is 5.73 Å². The summed E-state index contributed by atoms with van der Waals surface area (Å²) < 4.78 is 1.07. The monoisotopic (exact) mass is 346 g/mol. The van der Waals surface area contributed by atoms with E-state index in [-0.39, 0.29) is 5.41 Å². The van der Waals surface area contributed by atoms with Gasteiger partial charge in [0.15, 0.2) is 0 Å². The third-order valence-corrected chi connectivity index (χ3v) is 4.01. The molecule has 1 aromatic carbocycles. The third-order valence-electron chi connectivity index (χ3n) is 3.15. The summed E-state index contributed by atoms with van der Waals surface area (Å²) in [5.74, 6) is 0. The van der Waals surface area contributed by atoms with Gasteiger partial charge in [0, 0.05) is 22.6 Å². The summed E-state index contributed by atoms with van der Waals surface area (Å²) in [6.07, 6.45) is 1.13. The Morgan fingerprint density at radius 2 is 2.05 bits per heavy atom. The molecule has 0 bridgehead atoms. The molecule has 0 amide bonds. The van der Waals surface area contributed by atoms with Gasteiger partial charge in [0.25, 0.3) is 0 Å². The topological polar surface area (TPSA) is 29.3 Å². The first-order chi connectivity index (χ1) is 8.88. The molecule has 0 atom stereocenters. The zero-order valence-electron chi connectivity index (χ0n) is 12.0. The lowest BCUT2D eigenvalue weighted by atomic mass is 9.93. The second-order valence-electron chi connectivity index (χ2n) is 5.81. The molecule has 4 heteroatoms. The number of rotatable bonds is 7. The minimum atomic E-state index is 0.133. The highest BCUT2D eigenvalue weighted by atomic mass is 79.9. The smallest absolute Gasteiger partial charge is 0.0451 e. The van der Waals surface area contributed by atoms with Crippen LogP contribution in [0.25, 0.3) is 0 Å². The van der Waals surface area contributed by atoms with Gasteiger partial charge in [-0.2, -0.15) is 0 Å². The van der Waals surface area contributed by atoms with E-state index in [1.54, 1.807) is 0 Å². The fraction of sp³-hybridized carbons (Fsp3) is 0.600. The third kappa shape index (κ3) is 5.82. The van der Waals surface area contributed by atoms with Crippen LogP contribution in [-0.4, -0.2) is 24.5 Å². The molecule has 0 radical (unpaired) electrons. The van der Waals surface area contributed by atoms with E-state index in [2.05, 4.69) is 47.7 Å². The molecule has 2 N–H and O–H groups in total. The molecule has 1 rings (SSSR count). The van der Waals surface area contributed by atoms with Gasteiger partial charge in [-0.05, 0) is 48.7 Å². The van der Waals surface area contributed by atoms with Crippen molar-refractivity contribution >= 4 is 27.5 Å². The molecular weight excluding hydrogens is 324 g/mol. The minimum Gasteiger partial charge on any atom is -0.330 e. The molecule has 0 aliphatic rings. The van der Waals surface area contributed by atoms with E-state index in [0.29, 0.717) is 6.54 Å². The number of nitrogens with two attached hydrogens (primary N) is 1. The molecular formula is C15H24BrClN2. The van der Waals surface area contributed by atoms with E-state index in [0.717, 1.165) is 41.1 Å². The molecule has 1 aromatic rings. The first-order valence-corrected chi connectivity index (χ1v) is 7.91. The van der Waals surface area contributed by atoms with E-state index >= 15 is 0 Å². The van der Waals surface area contributed by atoms with Crippen LogP contribution >= 0.6 is 27.5 Å². The summed E-state index contributed by atoms with van der Waals surface area (Å²) in [5.41, 5.74) is 7.13. The number of hydrogen-bond donors (Lipinski definition) is 1. The van der Waals surface area contributed by atoms with Crippen LogP contribution in [0, 0.1) is 5.41 Å². The molecule has 0 saturated carbocycles. The van der Waals surface area contributed by atoms with Gasteiger partial charge in [-0.15, -0.1) is 0 Å². The van der Waals surface area contributed by atoms with Gasteiger partial charge in [-0.3, -0.25) is 4.90 Å². The molecule has 0 saturated heterocycles. The Morgan fingerprint density at radius 3 is 2.63 bits per heavy atom. The molecule has 0 heterocycles. The number of nitrogens with zero attached hydrogens (tertiary/aromatic N) is 1. The molecule has 0 aliphatic carbocycles. The van der Waals surface area contributed by atoms with Gasteiger partial charge in [-0.25, -0.2) is 0 Å². The molecule has 0 aliphatic heterocycles. The zero-order chi connectivity index (χ0) is 14.5. The highest BCUT2D eigenvalue weighted by Crippen LogP contribution is 2.24. The van der Waals surface area contributed by atoms with Crippen LogP contribution in [-0.2, 0) is 6.54 Å². The highest BCUT2D eigenvalue weighted by Gasteiger charge is 2.20. The second kappa shape index (κ2) is 7.63. The normalized spacial score (nSPS) is 12.2. The first-order valence-electron chi connectivity index (χ1n) is 6.74. The van der Waals surface area contributed by atoms with Crippen LogP contribution in [0.4, 0.5) is 0 Å². The van der Waals surface area contributed by atoms with Crippen LogP contribution in [0.15, 0.2) is 22.7 Å². The van der Waals surface area contributed by atoms with Gasteiger partial charge in [0.1, 0.15) is 0 Å². The van der Waals surface area contributed by atoms with Crippen molar-refractivity contribution in [2.75, 3.05) is 19.6 Å². The van der Waals surface area contributed by atoms with Gasteiger partial charge in [-0.1, -0.05) is 48.3 Å². The van der Waals surface area contributed by atoms with E-state index in [1.807, 2.05) is 12.1 Å². The largest absolute Gasteiger partial charge is 0.330 e. The van der Waals surface area contributed by atoms with Gasteiger partial charge in [0.05, 0.1) is 0 Å². The van der Waals surface area contributed by atoms with Crippen LogP contribution in [0.1, 0.15) is 32.8 Å². The van der Waals surface area contributed by atoms with Crippen molar-refractivity contribution in [2.24, 2.45) is 11.1 Å². The Hall–Kier alpha value is -0.0900. The van der Waals surface area contributed by atoms with E-state index < -0.39 is 0 Å². The maximum atomic E-state index is 6.27. The first kappa shape index (κ1) is 17.0. The van der Waals surface area contributed by atoms with Crippen molar-refractivity contribution in [3.8, 4) is 0 Å². The summed E-state index contributed by atoms with van der Waals surface area (Å²) >= 11 is 9.78. The Morgan fingerprint density at radius 1 is 1.37 bits per heavy atom. The minimum absolute atomic E-state index is 0.133. The second-order valence-corrected chi connectivity index (χ2v) is 7.14. The lowest BCUT2D eigenvalue weighted by Gasteiger charge is -2.32. The molecule has 108 valence electrons. The van der Waals surface area contributed by atoms with E-state index in [1.165, 1.54) is 0 Å². The van der Waals surface area contributed by atoms with Crippen molar-refractivity contribution in [1.82, 2.24) is 4.90 Å². The summed E-state index contributed by atoms with van der Waals surface area (Å²) in [5, 5.41) is 0.829. The van der Waals surface area contributed by atoms with Crippen LogP contribution < -0.4 is 5.73 Å². The number of halogens is 2. The molecule has 0 fully saturated rings. The lowest BCUT2D eigenvalue weighted by molar-refractivity contribution is 0.176. The highest BCUT2D eigenvalue weighted by molar-refractivity contribution is 9.10. The quantitative estimate of drug-likeness (QED) is 0.797. The molecule has 19 heavy (non-hydrogen) atoms. The Labute approximate surface area is 130 Å². The fourth-order valence-electron chi connectivity index (χ4n) is 2.11. The van der Waals surface area contributed by atoms with Crippen LogP contribution in [0.3, 0.4) is 0 Å². The molecule has 0 aromatic heterocycles. The van der Waals surface area contributed by atoms with Crippen molar-refractivity contribution in [2.45, 2.75) is 33.7 Å². The predicted molar refractivity (Wildman–Crippen MR) is 87.6 cm³/mol. The van der Waals surface area contributed by atoms with Gasteiger partial charge in [0.2, 0.25) is 0 Å². The maximum absolute atomic E-state index is 6.27. The lowest BCUT2D eigenvalue weighted by Crippen LogP contribution is -2.38. The molecule has 2 nitrogen and oxygen atoms in total. The number of hydrogen-bond acceptors (Lipinski definition) is 2. The van der Waals surface area contributed by atoms with Gasteiger partial charge >= 0.3 is 0 Å².